The molecule has 1 aromatic carbocycles. The highest BCUT2D eigenvalue weighted by Gasteiger charge is 2.31. The number of aromatic nitrogens is 2. The lowest BCUT2D eigenvalue weighted by molar-refractivity contribution is 0.0785. The molecule has 0 unspecified atom stereocenters. The van der Waals surface area contributed by atoms with Gasteiger partial charge in [-0.1, -0.05) is 24.3 Å². The van der Waals surface area contributed by atoms with Crippen LogP contribution in [0.2, 0.25) is 0 Å². The predicted octanol–water partition coefficient (Wildman–Crippen LogP) is 4.02. The summed E-state index contributed by atoms with van der Waals surface area (Å²) in [6, 6.07) is 16.2. The molecule has 34 heavy (non-hydrogen) atoms. The number of aliphatic hydroxyl groups is 1. The van der Waals surface area contributed by atoms with E-state index < -0.39 is 6.10 Å². The Bertz CT molecular complexity index is 1100. The number of rotatable bonds is 8. The minimum absolute atomic E-state index is 0.00102. The number of carbonyl (C=O) groups is 1. The van der Waals surface area contributed by atoms with Crippen molar-refractivity contribution in [3.05, 3.63) is 95.1 Å². The summed E-state index contributed by atoms with van der Waals surface area (Å²) in [5.74, 6) is 0.627. The molecule has 1 amide bonds. The number of nitrogens with zero attached hydrogens (tertiary/aromatic N) is 3. The molecule has 5 rings (SSSR count). The number of pyridine rings is 2. The first-order valence-corrected chi connectivity index (χ1v) is 12.2. The molecule has 0 bridgehead atoms. The molecule has 1 aliphatic heterocycles. The van der Waals surface area contributed by atoms with Crippen molar-refractivity contribution < 1.29 is 9.90 Å². The molecule has 2 aliphatic rings. The number of aliphatic hydroxyl groups excluding tert-OH is 1. The summed E-state index contributed by atoms with van der Waals surface area (Å²) in [5, 5.41) is 14.5. The second-order valence-corrected chi connectivity index (χ2v) is 9.71. The molecule has 6 nitrogen and oxygen atoms in total. The van der Waals surface area contributed by atoms with Crippen LogP contribution in [0.4, 0.5) is 0 Å². The third-order valence-corrected chi connectivity index (χ3v) is 6.98. The Morgan fingerprint density at radius 1 is 1.06 bits per heavy atom. The van der Waals surface area contributed by atoms with Gasteiger partial charge in [0.2, 0.25) is 0 Å². The van der Waals surface area contributed by atoms with E-state index in [1.165, 1.54) is 18.4 Å². The lowest BCUT2D eigenvalue weighted by Crippen LogP contribution is -2.35. The van der Waals surface area contributed by atoms with Crippen LogP contribution < -0.4 is 5.32 Å². The van der Waals surface area contributed by atoms with Gasteiger partial charge >= 0.3 is 0 Å². The van der Waals surface area contributed by atoms with Gasteiger partial charge in [-0.25, -0.2) is 0 Å². The first-order chi connectivity index (χ1) is 16.6. The highest BCUT2D eigenvalue weighted by Crippen LogP contribution is 2.39. The summed E-state index contributed by atoms with van der Waals surface area (Å²) in [4.78, 5) is 23.2. The van der Waals surface area contributed by atoms with Gasteiger partial charge in [0.05, 0.1) is 6.10 Å². The molecule has 1 aliphatic carbocycles. The highest BCUT2D eigenvalue weighted by atomic mass is 16.3. The number of carbonyl (C=O) groups excluding carboxylic acids is 1. The lowest BCUT2D eigenvalue weighted by Gasteiger charge is -2.21. The Balaban J connectivity index is 1.13. The fourth-order valence-corrected chi connectivity index (χ4v) is 4.83. The normalized spacial score (nSPS) is 20.8. The maximum atomic E-state index is 12.8. The molecular weight excluding hydrogens is 424 g/mol. The maximum Gasteiger partial charge on any atom is 0.253 e. The van der Waals surface area contributed by atoms with Gasteiger partial charge in [-0.2, -0.15) is 0 Å². The second-order valence-electron chi connectivity index (χ2n) is 9.71. The first kappa shape index (κ1) is 22.7. The van der Waals surface area contributed by atoms with Gasteiger partial charge in [0, 0.05) is 67.0 Å². The minimum Gasteiger partial charge on any atom is -0.387 e. The van der Waals surface area contributed by atoms with Crippen molar-refractivity contribution in [2.24, 2.45) is 0 Å². The van der Waals surface area contributed by atoms with Gasteiger partial charge in [0.25, 0.3) is 5.91 Å². The van der Waals surface area contributed by atoms with Crippen molar-refractivity contribution in [1.82, 2.24) is 20.2 Å². The van der Waals surface area contributed by atoms with Crippen LogP contribution >= 0.6 is 0 Å². The molecular formula is C28H32N4O2. The van der Waals surface area contributed by atoms with Crippen LogP contribution in [0.3, 0.4) is 0 Å². The smallest absolute Gasteiger partial charge is 0.253 e. The largest absolute Gasteiger partial charge is 0.387 e. The maximum absolute atomic E-state index is 12.8. The second kappa shape index (κ2) is 10.0. The van der Waals surface area contributed by atoms with Gasteiger partial charge in [-0.15, -0.1) is 0 Å². The molecule has 3 heterocycles. The number of benzene rings is 1. The molecule has 6 heteroatoms. The summed E-state index contributed by atoms with van der Waals surface area (Å²) in [5.41, 5.74) is 4.92. The van der Waals surface area contributed by atoms with Crippen LogP contribution in [-0.2, 0) is 13.0 Å². The highest BCUT2D eigenvalue weighted by molar-refractivity contribution is 5.94. The van der Waals surface area contributed by atoms with E-state index in [9.17, 15) is 9.90 Å². The molecule has 2 N–H and O–H groups in total. The summed E-state index contributed by atoms with van der Waals surface area (Å²) < 4.78 is 0. The van der Waals surface area contributed by atoms with E-state index in [1.54, 1.807) is 17.3 Å². The van der Waals surface area contributed by atoms with Gasteiger partial charge < -0.3 is 15.3 Å². The molecule has 2 fully saturated rings. The van der Waals surface area contributed by atoms with Crippen molar-refractivity contribution in [2.45, 2.75) is 62.8 Å². The Hall–Kier alpha value is -3.09. The van der Waals surface area contributed by atoms with Crippen LogP contribution in [0.1, 0.15) is 70.4 Å². The fraction of sp³-hybridized carbons (Fsp3) is 0.393. The SMILES string of the molecule is CN(Cc1cccnc1)C(=O)c1ccc(C[C@@H]2CC[C@H]([C@H](O)c3ccc(C4CC4)nc3)N2)cc1. The van der Waals surface area contributed by atoms with E-state index >= 15 is 0 Å². The van der Waals surface area contributed by atoms with E-state index in [-0.39, 0.29) is 11.9 Å². The van der Waals surface area contributed by atoms with Crippen molar-refractivity contribution >= 4 is 5.91 Å². The van der Waals surface area contributed by atoms with Gasteiger partial charge in [0.1, 0.15) is 0 Å². The minimum atomic E-state index is -0.541. The van der Waals surface area contributed by atoms with Gasteiger partial charge in [-0.05, 0) is 67.5 Å². The van der Waals surface area contributed by atoms with Crippen LogP contribution in [0, 0.1) is 0 Å². The Kier molecular flexibility index (Phi) is 6.70. The Labute approximate surface area is 201 Å². The predicted molar refractivity (Wildman–Crippen MR) is 131 cm³/mol. The number of hydrogen-bond donors (Lipinski definition) is 2. The third kappa shape index (κ3) is 5.34. The van der Waals surface area contributed by atoms with E-state index in [0.29, 0.717) is 24.1 Å². The third-order valence-electron chi connectivity index (χ3n) is 6.98. The molecule has 176 valence electrons. The molecule has 3 atom stereocenters. The standard InChI is InChI=1S/C28H32N4O2/c1-32(18-20-3-2-14-29-16-20)28(34)22-6-4-19(5-7-22)15-24-11-13-26(31-24)27(33)23-10-12-25(30-17-23)21-8-9-21/h2-7,10,12,14,16-17,21,24,26-27,31,33H,8-9,11,13,15,18H2,1H3/t24-,26+,27+/m0/s1. The summed E-state index contributed by atoms with van der Waals surface area (Å²) in [6.07, 6.45) is 10.1. The number of hydrogen-bond acceptors (Lipinski definition) is 5. The topological polar surface area (TPSA) is 78.4 Å². The average Bonchev–Trinajstić information content (AvgIpc) is 3.63. The van der Waals surface area contributed by atoms with Crippen molar-refractivity contribution in [3.63, 3.8) is 0 Å². The molecule has 2 aromatic heterocycles. The monoisotopic (exact) mass is 456 g/mol. The van der Waals surface area contributed by atoms with E-state index in [1.807, 2.05) is 55.7 Å². The van der Waals surface area contributed by atoms with E-state index in [2.05, 4.69) is 21.4 Å². The zero-order valence-electron chi connectivity index (χ0n) is 19.6. The Morgan fingerprint density at radius 2 is 1.88 bits per heavy atom. The number of amides is 1. The van der Waals surface area contributed by atoms with Crippen LogP contribution in [0.15, 0.2) is 67.1 Å². The van der Waals surface area contributed by atoms with Gasteiger partial charge in [0.15, 0.2) is 0 Å². The molecule has 3 aromatic rings. The summed E-state index contributed by atoms with van der Waals surface area (Å²) in [6.45, 7) is 0.531. The van der Waals surface area contributed by atoms with Gasteiger partial charge in [-0.3, -0.25) is 14.8 Å². The summed E-state index contributed by atoms with van der Waals surface area (Å²) in [7, 11) is 1.81. The van der Waals surface area contributed by atoms with Crippen molar-refractivity contribution in [3.8, 4) is 0 Å². The molecule has 0 spiro atoms. The quantitative estimate of drug-likeness (QED) is 0.535. The van der Waals surface area contributed by atoms with Crippen LogP contribution in [0.5, 0.6) is 0 Å². The van der Waals surface area contributed by atoms with E-state index in [4.69, 9.17) is 0 Å². The first-order valence-electron chi connectivity index (χ1n) is 12.2. The van der Waals surface area contributed by atoms with Crippen LogP contribution in [-0.4, -0.2) is 45.0 Å². The van der Waals surface area contributed by atoms with E-state index in [0.717, 1.165) is 36.1 Å². The van der Waals surface area contributed by atoms with Crippen molar-refractivity contribution in [2.75, 3.05) is 7.05 Å². The lowest BCUT2D eigenvalue weighted by atomic mass is 10.0. The Morgan fingerprint density at radius 3 is 2.56 bits per heavy atom. The zero-order chi connectivity index (χ0) is 23.5. The molecule has 0 radical (unpaired) electrons. The average molecular weight is 457 g/mol. The fourth-order valence-electron chi connectivity index (χ4n) is 4.83. The molecule has 1 saturated carbocycles. The summed E-state index contributed by atoms with van der Waals surface area (Å²) >= 11 is 0. The van der Waals surface area contributed by atoms with Crippen LogP contribution in [0.25, 0.3) is 0 Å². The number of nitrogens with one attached hydrogen (secondary N) is 1. The van der Waals surface area contributed by atoms with Crippen molar-refractivity contribution in [1.29, 1.82) is 0 Å². The zero-order valence-corrected chi connectivity index (χ0v) is 19.6. The molecule has 1 saturated heterocycles.